The number of aromatic nitrogens is 2. The first-order valence-corrected chi connectivity index (χ1v) is 7.14. The smallest absolute Gasteiger partial charge is 0.252 e. The van der Waals surface area contributed by atoms with E-state index in [1.165, 1.54) is 11.3 Å². The molecule has 0 aromatic carbocycles. The first-order valence-electron chi connectivity index (χ1n) is 6.19. The topological polar surface area (TPSA) is 86.9 Å². The van der Waals surface area contributed by atoms with E-state index in [1.54, 1.807) is 11.4 Å². The van der Waals surface area contributed by atoms with Crippen molar-refractivity contribution in [2.24, 2.45) is 0 Å². The highest BCUT2D eigenvalue weighted by atomic mass is 32.1. The molecule has 7 heteroatoms. The third-order valence-corrected chi connectivity index (χ3v) is 3.62. The molecule has 2 aromatic heterocycles. The first kappa shape index (κ1) is 14.3. The predicted octanol–water partition coefficient (Wildman–Crippen LogP) is 1.85. The molecule has 0 bridgehead atoms. The maximum Gasteiger partial charge on any atom is 0.252 e. The van der Waals surface area contributed by atoms with Gasteiger partial charge in [0.05, 0.1) is 0 Å². The number of rotatable bonds is 5. The van der Waals surface area contributed by atoms with E-state index >= 15 is 0 Å². The minimum absolute atomic E-state index is 0.161. The molecule has 0 saturated carbocycles. The van der Waals surface area contributed by atoms with Crippen molar-refractivity contribution < 1.29 is 9.59 Å². The van der Waals surface area contributed by atoms with E-state index in [9.17, 15) is 9.59 Å². The zero-order valence-corrected chi connectivity index (χ0v) is 12.1. The van der Waals surface area contributed by atoms with Crippen LogP contribution in [0.25, 0.3) is 0 Å². The van der Waals surface area contributed by atoms with Gasteiger partial charge in [0.1, 0.15) is 0 Å². The van der Waals surface area contributed by atoms with Crippen LogP contribution in [0, 0.1) is 13.8 Å². The molecule has 106 valence electrons. The number of hydrogen-bond acceptors (Lipinski definition) is 4. The monoisotopic (exact) mass is 292 g/mol. The average Bonchev–Trinajstić information content (AvgIpc) is 3.04. The molecule has 0 spiro atoms. The highest BCUT2D eigenvalue weighted by Gasteiger charge is 2.10. The van der Waals surface area contributed by atoms with Crippen molar-refractivity contribution in [3.8, 4) is 0 Å². The highest BCUT2D eigenvalue weighted by Crippen LogP contribution is 2.13. The van der Waals surface area contributed by atoms with Gasteiger partial charge in [-0.25, -0.2) is 0 Å². The van der Waals surface area contributed by atoms with Crippen molar-refractivity contribution >= 4 is 29.0 Å². The van der Waals surface area contributed by atoms with Gasteiger partial charge in [-0.1, -0.05) is 0 Å². The van der Waals surface area contributed by atoms with Gasteiger partial charge in [0.25, 0.3) is 5.91 Å². The Morgan fingerprint density at radius 1 is 1.40 bits per heavy atom. The first-order chi connectivity index (χ1) is 9.58. The summed E-state index contributed by atoms with van der Waals surface area (Å²) in [6, 6.07) is 1.75. The van der Waals surface area contributed by atoms with Gasteiger partial charge in [0, 0.05) is 35.2 Å². The molecule has 3 N–H and O–H groups in total. The summed E-state index contributed by atoms with van der Waals surface area (Å²) < 4.78 is 0. The molecule has 0 atom stereocenters. The fraction of sp³-hybridized carbons (Fsp3) is 0.308. The SMILES string of the molecule is Cc1[nH]nc(NC(=O)CCNC(=O)c2ccsc2)c1C. The Bertz CT molecular complexity index is 604. The van der Waals surface area contributed by atoms with Crippen LogP contribution < -0.4 is 10.6 Å². The zero-order chi connectivity index (χ0) is 14.5. The van der Waals surface area contributed by atoms with E-state index in [1.807, 2.05) is 19.2 Å². The predicted molar refractivity (Wildman–Crippen MR) is 78.0 cm³/mol. The summed E-state index contributed by atoms with van der Waals surface area (Å²) in [6.07, 6.45) is 0.210. The van der Waals surface area contributed by atoms with E-state index in [2.05, 4.69) is 20.8 Å². The third kappa shape index (κ3) is 3.45. The molecular weight excluding hydrogens is 276 g/mol. The van der Waals surface area contributed by atoms with E-state index in [0.29, 0.717) is 17.9 Å². The Kier molecular flexibility index (Phi) is 4.52. The molecule has 0 aliphatic carbocycles. The van der Waals surface area contributed by atoms with Gasteiger partial charge in [-0.2, -0.15) is 16.4 Å². The summed E-state index contributed by atoms with van der Waals surface area (Å²) >= 11 is 1.46. The van der Waals surface area contributed by atoms with Crippen LogP contribution in [0.15, 0.2) is 16.8 Å². The van der Waals surface area contributed by atoms with Crippen molar-refractivity contribution in [2.45, 2.75) is 20.3 Å². The van der Waals surface area contributed by atoms with E-state index in [4.69, 9.17) is 0 Å². The molecule has 6 nitrogen and oxygen atoms in total. The standard InChI is InChI=1S/C13H16N4O2S/c1-8-9(2)16-17-12(8)15-11(18)3-5-14-13(19)10-4-6-20-7-10/h4,6-7H,3,5H2,1-2H3,(H,14,19)(H2,15,16,17,18). The molecular formula is C13H16N4O2S. The highest BCUT2D eigenvalue weighted by molar-refractivity contribution is 7.08. The Morgan fingerprint density at radius 3 is 2.80 bits per heavy atom. The number of H-pyrrole nitrogens is 1. The average molecular weight is 292 g/mol. The molecule has 0 aliphatic heterocycles. The van der Waals surface area contributed by atoms with Crippen LogP contribution in [-0.4, -0.2) is 28.6 Å². The van der Waals surface area contributed by atoms with Gasteiger partial charge in [-0.05, 0) is 25.3 Å². The Balaban J connectivity index is 1.76. The van der Waals surface area contributed by atoms with Gasteiger partial charge >= 0.3 is 0 Å². The molecule has 0 saturated heterocycles. The number of nitrogens with zero attached hydrogens (tertiary/aromatic N) is 1. The van der Waals surface area contributed by atoms with Gasteiger partial charge < -0.3 is 10.6 Å². The molecule has 2 aromatic rings. The molecule has 0 unspecified atom stereocenters. The van der Waals surface area contributed by atoms with Crippen molar-refractivity contribution in [1.29, 1.82) is 0 Å². The van der Waals surface area contributed by atoms with Crippen LogP contribution in [-0.2, 0) is 4.79 Å². The number of anilines is 1. The summed E-state index contributed by atoms with van der Waals surface area (Å²) in [7, 11) is 0. The molecule has 2 rings (SSSR count). The zero-order valence-electron chi connectivity index (χ0n) is 11.3. The van der Waals surface area contributed by atoms with E-state index < -0.39 is 0 Å². The lowest BCUT2D eigenvalue weighted by atomic mass is 10.2. The maximum absolute atomic E-state index is 11.7. The van der Waals surface area contributed by atoms with Crippen LogP contribution in [0.1, 0.15) is 28.0 Å². The largest absolute Gasteiger partial charge is 0.351 e. The number of hydrogen-bond donors (Lipinski definition) is 3. The van der Waals surface area contributed by atoms with Crippen molar-refractivity contribution in [1.82, 2.24) is 15.5 Å². The van der Waals surface area contributed by atoms with Gasteiger partial charge in [-0.15, -0.1) is 0 Å². The second kappa shape index (κ2) is 6.33. The second-order valence-electron chi connectivity index (χ2n) is 4.39. The lowest BCUT2D eigenvalue weighted by molar-refractivity contribution is -0.116. The lowest BCUT2D eigenvalue weighted by Gasteiger charge is -2.05. The summed E-state index contributed by atoms with van der Waals surface area (Å²) in [5, 5.41) is 15.8. The van der Waals surface area contributed by atoms with Crippen molar-refractivity contribution in [3.63, 3.8) is 0 Å². The Hall–Kier alpha value is -2.15. The summed E-state index contributed by atoms with van der Waals surface area (Å²) in [5.41, 5.74) is 2.46. The van der Waals surface area contributed by atoms with Crippen LogP contribution in [0.4, 0.5) is 5.82 Å². The third-order valence-electron chi connectivity index (χ3n) is 2.93. The number of carbonyl (C=O) groups excluding carboxylic acids is 2. The summed E-state index contributed by atoms with van der Waals surface area (Å²) in [6.45, 7) is 4.06. The van der Waals surface area contributed by atoms with Gasteiger partial charge in [0.2, 0.25) is 5.91 Å². The van der Waals surface area contributed by atoms with Crippen LogP contribution >= 0.6 is 11.3 Å². The number of thiophene rings is 1. The summed E-state index contributed by atoms with van der Waals surface area (Å²) in [4.78, 5) is 23.4. The van der Waals surface area contributed by atoms with Gasteiger partial charge in [0.15, 0.2) is 5.82 Å². The number of aryl methyl sites for hydroxylation is 1. The number of aromatic amines is 1. The van der Waals surface area contributed by atoms with Crippen LogP contribution in [0.2, 0.25) is 0 Å². The molecule has 0 radical (unpaired) electrons. The number of amides is 2. The molecule has 20 heavy (non-hydrogen) atoms. The fourth-order valence-electron chi connectivity index (χ4n) is 1.59. The molecule has 2 amide bonds. The minimum atomic E-state index is -0.176. The van der Waals surface area contributed by atoms with E-state index in [-0.39, 0.29) is 18.2 Å². The molecule has 2 heterocycles. The maximum atomic E-state index is 11.7. The fourth-order valence-corrected chi connectivity index (χ4v) is 2.22. The summed E-state index contributed by atoms with van der Waals surface area (Å²) in [5.74, 6) is 0.202. The lowest BCUT2D eigenvalue weighted by Crippen LogP contribution is -2.27. The minimum Gasteiger partial charge on any atom is -0.351 e. The molecule has 0 aliphatic rings. The van der Waals surface area contributed by atoms with Crippen LogP contribution in [0.5, 0.6) is 0 Å². The van der Waals surface area contributed by atoms with Crippen molar-refractivity contribution in [2.75, 3.05) is 11.9 Å². The second-order valence-corrected chi connectivity index (χ2v) is 5.17. The Morgan fingerprint density at radius 2 is 2.20 bits per heavy atom. The Labute approximate surface area is 120 Å². The normalized spacial score (nSPS) is 10.3. The number of carbonyl (C=O) groups is 2. The van der Waals surface area contributed by atoms with Crippen molar-refractivity contribution in [3.05, 3.63) is 33.6 Å². The molecule has 0 fully saturated rings. The van der Waals surface area contributed by atoms with Gasteiger partial charge in [-0.3, -0.25) is 14.7 Å². The quantitative estimate of drug-likeness (QED) is 0.786. The van der Waals surface area contributed by atoms with Crippen LogP contribution in [0.3, 0.4) is 0 Å². The van der Waals surface area contributed by atoms with E-state index in [0.717, 1.165) is 11.3 Å². The number of nitrogens with one attached hydrogen (secondary N) is 3.